The highest BCUT2D eigenvalue weighted by atomic mass is 32.2. The Balaban J connectivity index is 2.74. The topological polar surface area (TPSA) is 40.6 Å². The Morgan fingerprint density at radius 1 is 1.31 bits per heavy atom. The quantitative estimate of drug-likeness (QED) is 0.689. The van der Waals surface area contributed by atoms with Gasteiger partial charge in [0.05, 0.1) is 11.9 Å². The number of hydrogen-bond acceptors (Lipinski definition) is 3. The normalized spacial score (nSPS) is 24.2. The van der Waals surface area contributed by atoms with Gasteiger partial charge in [-0.1, -0.05) is 0 Å². The van der Waals surface area contributed by atoms with Crippen LogP contribution in [0, 0.1) is 5.82 Å². The molecule has 1 aromatic carbocycles. The van der Waals surface area contributed by atoms with E-state index in [2.05, 4.69) is 0 Å². The van der Waals surface area contributed by atoms with Crippen LogP contribution in [0.15, 0.2) is 23.1 Å². The predicted octanol–water partition coefficient (Wildman–Crippen LogP) is 1.24. The van der Waals surface area contributed by atoms with Crippen molar-refractivity contribution in [3.8, 4) is 0 Å². The highest BCUT2D eigenvalue weighted by Gasteiger charge is 2.36. The Labute approximate surface area is 94.3 Å². The van der Waals surface area contributed by atoms with E-state index in [9.17, 15) is 12.8 Å². The summed E-state index contributed by atoms with van der Waals surface area (Å²) in [4.78, 5) is 1.83. The standard InChI is InChI=1S/C10H13FN2O2S/c1-7-12(2)9-5-4-8(11)6-10(9)16(14,15)13(7)3/h4-7H,1-3H3. The van der Waals surface area contributed by atoms with Crippen LogP contribution in [0.5, 0.6) is 0 Å². The lowest BCUT2D eigenvalue weighted by Crippen LogP contribution is -2.49. The second kappa shape index (κ2) is 3.43. The van der Waals surface area contributed by atoms with Crippen molar-refractivity contribution in [2.75, 3.05) is 19.0 Å². The van der Waals surface area contributed by atoms with Crippen LogP contribution in [0.2, 0.25) is 0 Å². The molecule has 0 fully saturated rings. The summed E-state index contributed by atoms with van der Waals surface area (Å²) in [6.45, 7) is 1.78. The fourth-order valence-electron chi connectivity index (χ4n) is 1.79. The van der Waals surface area contributed by atoms with E-state index in [1.165, 1.54) is 23.5 Å². The maximum atomic E-state index is 13.1. The predicted molar refractivity (Wildman–Crippen MR) is 59.2 cm³/mol. The molecule has 1 heterocycles. The minimum absolute atomic E-state index is 0.0237. The number of nitrogens with zero attached hydrogens (tertiary/aromatic N) is 2. The lowest BCUT2D eigenvalue weighted by atomic mass is 10.2. The zero-order valence-corrected chi connectivity index (χ0v) is 10.1. The summed E-state index contributed by atoms with van der Waals surface area (Å²) in [7, 11) is -0.299. The lowest BCUT2D eigenvalue weighted by Gasteiger charge is -2.39. The van der Waals surface area contributed by atoms with E-state index in [1.54, 1.807) is 18.9 Å². The Kier molecular flexibility index (Phi) is 2.43. The van der Waals surface area contributed by atoms with Crippen molar-refractivity contribution in [1.82, 2.24) is 4.31 Å². The first-order valence-corrected chi connectivity index (χ1v) is 6.30. The van der Waals surface area contributed by atoms with Crippen molar-refractivity contribution in [2.24, 2.45) is 0 Å². The molecule has 0 amide bonds. The van der Waals surface area contributed by atoms with Gasteiger partial charge in [0.15, 0.2) is 0 Å². The fourth-order valence-corrected chi connectivity index (χ4v) is 3.38. The van der Waals surface area contributed by atoms with Crippen molar-refractivity contribution in [3.05, 3.63) is 24.0 Å². The van der Waals surface area contributed by atoms with Crippen molar-refractivity contribution in [2.45, 2.75) is 18.0 Å². The fraction of sp³-hybridized carbons (Fsp3) is 0.400. The molecule has 0 aliphatic carbocycles. The minimum atomic E-state index is -3.57. The molecule has 0 bridgehead atoms. The molecule has 6 heteroatoms. The zero-order valence-electron chi connectivity index (χ0n) is 9.31. The number of fused-ring (bicyclic) bond motifs is 1. The molecule has 2 rings (SSSR count). The molecule has 4 nitrogen and oxygen atoms in total. The number of benzene rings is 1. The summed E-state index contributed by atoms with van der Waals surface area (Å²) in [6.07, 6.45) is -0.275. The smallest absolute Gasteiger partial charge is 0.246 e. The van der Waals surface area contributed by atoms with Crippen LogP contribution >= 0.6 is 0 Å². The molecular formula is C10H13FN2O2S. The van der Waals surface area contributed by atoms with Crippen LogP contribution in [-0.2, 0) is 10.0 Å². The van der Waals surface area contributed by atoms with Crippen molar-refractivity contribution < 1.29 is 12.8 Å². The van der Waals surface area contributed by atoms with Gasteiger partial charge >= 0.3 is 0 Å². The van der Waals surface area contributed by atoms with Gasteiger partial charge < -0.3 is 4.90 Å². The third kappa shape index (κ3) is 1.41. The molecule has 0 saturated heterocycles. The zero-order chi connectivity index (χ0) is 12.1. The van der Waals surface area contributed by atoms with Crippen LogP contribution in [0.25, 0.3) is 0 Å². The molecule has 1 atom stereocenters. The first-order valence-electron chi connectivity index (χ1n) is 4.86. The number of rotatable bonds is 0. The summed E-state index contributed by atoms with van der Waals surface area (Å²) in [5.74, 6) is -0.543. The third-order valence-corrected chi connectivity index (χ3v) is 4.99. The van der Waals surface area contributed by atoms with Crippen LogP contribution in [0.1, 0.15) is 6.92 Å². The Morgan fingerprint density at radius 2 is 1.94 bits per heavy atom. The van der Waals surface area contributed by atoms with E-state index in [4.69, 9.17) is 0 Å². The molecular weight excluding hydrogens is 231 g/mol. The molecule has 0 spiro atoms. The lowest BCUT2D eigenvalue weighted by molar-refractivity contribution is 0.372. The van der Waals surface area contributed by atoms with Crippen LogP contribution < -0.4 is 4.90 Å². The van der Waals surface area contributed by atoms with Crippen molar-refractivity contribution in [1.29, 1.82) is 0 Å². The number of sulfonamides is 1. The maximum absolute atomic E-state index is 13.1. The Hall–Kier alpha value is -1.14. The molecule has 0 saturated carbocycles. The van der Waals surface area contributed by atoms with E-state index in [-0.39, 0.29) is 11.1 Å². The molecule has 0 radical (unpaired) electrons. The van der Waals surface area contributed by atoms with Crippen LogP contribution in [0.3, 0.4) is 0 Å². The first kappa shape index (κ1) is 11.3. The van der Waals surface area contributed by atoms with Crippen molar-refractivity contribution in [3.63, 3.8) is 0 Å². The summed E-state index contributed by atoms with van der Waals surface area (Å²) in [5.41, 5.74) is 0.534. The van der Waals surface area contributed by atoms with E-state index in [1.807, 2.05) is 0 Å². The summed E-state index contributed by atoms with van der Waals surface area (Å²) < 4.78 is 38.4. The molecule has 1 aliphatic heterocycles. The molecule has 0 aromatic heterocycles. The van der Waals surface area contributed by atoms with Gasteiger partial charge in [-0.15, -0.1) is 0 Å². The van der Waals surface area contributed by atoms with E-state index >= 15 is 0 Å². The SMILES string of the molecule is CC1N(C)c2ccc(F)cc2S(=O)(=O)N1C. The van der Waals surface area contributed by atoms with Gasteiger partial charge in [-0.05, 0) is 25.1 Å². The van der Waals surface area contributed by atoms with Gasteiger partial charge in [-0.2, -0.15) is 4.31 Å². The molecule has 1 unspecified atom stereocenters. The number of hydrogen-bond donors (Lipinski definition) is 0. The third-order valence-electron chi connectivity index (χ3n) is 3.05. The van der Waals surface area contributed by atoms with E-state index < -0.39 is 15.8 Å². The van der Waals surface area contributed by atoms with Crippen LogP contribution in [0.4, 0.5) is 10.1 Å². The van der Waals surface area contributed by atoms with E-state index in [0.717, 1.165) is 6.07 Å². The maximum Gasteiger partial charge on any atom is 0.246 e. The van der Waals surface area contributed by atoms with Gasteiger partial charge in [0.1, 0.15) is 10.7 Å². The molecule has 88 valence electrons. The van der Waals surface area contributed by atoms with Crippen LogP contribution in [-0.4, -0.2) is 33.0 Å². The average molecular weight is 244 g/mol. The van der Waals surface area contributed by atoms with Gasteiger partial charge in [0, 0.05) is 14.1 Å². The average Bonchev–Trinajstić information content (AvgIpc) is 2.24. The van der Waals surface area contributed by atoms with Gasteiger partial charge in [0.2, 0.25) is 10.0 Å². The molecule has 1 aromatic rings. The second-order valence-electron chi connectivity index (χ2n) is 3.88. The highest BCUT2D eigenvalue weighted by molar-refractivity contribution is 7.89. The Morgan fingerprint density at radius 3 is 2.56 bits per heavy atom. The molecule has 0 N–H and O–H groups in total. The first-order chi connectivity index (χ1) is 7.35. The molecule has 16 heavy (non-hydrogen) atoms. The largest absolute Gasteiger partial charge is 0.357 e. The minimum Gasteiger partial charge on any atom is -0.357 e. The summed E-state index contributed by atoms with van der Waals surface area (Å²) in [6, 6.07) is 3.82. The van der Waals surface area contributed by atoms with Gasteiger partial charge in [0.25, 0.3) is 0 Å². The summed E-state index contributed by atoms with van der Waals surface area (Å²) in [5, 5.41) is 0. The number of halogens is 1. The summed E-state index contributed by atoms with van der Waals surface area (Å²) >= 11 is 0. The monoisotopic (exact) mass is 244 g/mol. The Bertz CT molecular complexity index is 530. The van der Waals surface area contributed by atoms with E-state index in [0.29, 0.717) is 5.69 Å². The van der Waals surface area contributed by atoms with Crippen molar-refractivity contribution >= 4 is 15.7 Å². The van der Waals surface area contributed by atoms with Gasteiger partial charge in [-0.3, -0.25) is 0 Å². The molecule has 1 aliphatic rings. The highest BCUT2D eigenvalue weighted by Crippen LogP contribution is 2.34. The van der Waals surface area contributed by atoms with Gasteiger partial charge in [-0.25, -0.2) is 12.8 Å². The second-order valence-corrected chi connectivity index (χ2v) is 5.84. The number of anilines is 1.